The molecule has 5 N–H and O–H groups in total. The van der Waals surface area contributed by atoms with Gasteiger partial charge in [0.2, 0.25) is 5.78 Å². The number of hydrogen-bond donors (Lipinski definition) is 5. The normalized spacial score (nSPS) is 32.3. The van der Waals surface area contributed by atoms with Crippen molar-refractivity contribution in [3.05, 3.63) is 51.6 Å². The molecule has 5 unspecified atom stereocenters. The summed E-state index contributed by atoms with van der Waals surface area (Å²) in [5.41, 5.74) is -3.74. The molecule has 8 atom stereocenters. The standard InChI is InChI=1S/C29H33NO12/c1-10-18(31)23(36)25(39-5)28(41-10)42-24-17-13(26(37)29(2,38)27(24)40-6)9-12-16(22(17)35)21(34)15-11(19(12)32)7-8-14(20(15)33)30(3)4/h7-10,18,23-25,27-28,31,33,35-36,38H,1-6H3/t10?,18?,23?,24-,25?,27+,28?,29-/m1/s1. The van der Waals surface area contributed by atoms with Crippen LogP contribution in [-0.2, 0) is 18.9 Å². The number of aromatic hydroxyl groups is 2. The second-order valence-electron chi connectivity index (χ2n) is 11.1. The summed E-state index contributed by atoms with van der Waals surface area (Å²) in [7, 11) is 5.73. The summed E-state index contributed by atoms with van der Waals surface area (Å²) in [6, 6.07) is 3.95. The van der Waals surface area contributed by atoms with E-state index >= 15 is 0 Å². The zero-order valence-electron chi connectivity index (χ0n) is 23.8. The fraction of sp³-hybridized carbons (Fsp3) is 0.483. The zero-order valence-corrected chi connectivity index (χ0v) is 23.8. The smallest absolute Gasteiger partial charge is 0.202 e. The molecule has 0 bridgehead atoms. The van der Waals surface area contributed by atoms with Crippen LogP contribution in [0.2, 0.25) is 0 Å². The van der Waals surface area contributed by atoms with Crippen LogP contribution in [0, 0.1) is 0 Å². The van der Waals surface area contributed by atoms with Crippen molar-refractivity contribution in [3.63, 3.8) is 0 Å². The van der Waals surface area contributed by atoms with Crippen LogP contribution in [0.25, 0.3) is 0 Å². The van der Waals surface area contributed by atoms with Gasteiger partial charge in [-0.3, -0.25) is 14.4 Å². The van der Waals surface area contributed by atoms with Gasteiger partial charge in [0, 0.05) is 50.6 Å². The molecule has 0 radical (unpaired) electrons. The molecular formula is C29H33NO12. The van der Waals surface area contributed by atoms with Gasteiger partial charge in [0.15, 0.2) is 29.2 Å². The van der Waals surface area contributed by atoms with E-state index in [0.29, 0.717) is 0 Å². The molecule has 0 saturated carbocycles. The van der Waals surface area contributed by atoms with Crippen LogP contribution in [0.15, 0.2) is 18.2 Å². The first-order valence-electron chi connectivity index (χ1n) is 13.2. The van der Waals surface area contributed by atoms with Crippen molar-refractivity contribution in [2.75, 3.05) is 33.2 Å². The highest BCUT2D eigenvalue weighted by molar-refractivity contribution is 6.31. The first-order valence-corrected chi connectivity index (χ1v) is 13.2. The van der Waals surface area contributed by atoms with Gasteiger partial charge in [-0.05, 0) is 32.0 Å². The van der Waals surface area contributed by atoms with Crippen LogP contribution in [0.3, 0.4) is 0 Å². The molecule has 0 amide bonds. The number of carbonyl (C=O) groups excluding carboxylic acids is 3. The van der Waals surface area contributed by atoms with Crippen LogP contribution >= 0.6 is 0 Å². The minimum Gasteiger partial charge on any atom is -0.507 e. The molecule has 1 aliphatic heterocycles. The molecule has 1 fully saturated rings. The summed E-state index contributed by atoms with van der Waals surface area (Å²) in [6.45, 7) is 2.67. The quantitative estimate of drug-likeness (QED) is 0.276. The number of methoxy groups -OCH3 is 2. The molecule has 0 aromatic heterocycles. The number of ether oxygens (including phenoxy) is 4. The van der Waals surface area contributed by atoms with E-state index in [1.165, 1.54) is 40.2 Å². The predicted octanol–water partition coefficient (Wildman–Crippen LogP) is 0.441. The molecule has 3 aliphatic rings. The maximum atomic E-state index is 13.8. The van der Waals surface area contributed by atoms with Gasteiger partial charge in [-0.15, -0.1) is 0 Å². The predicted molar refractivity (Wildman–Crippen MR) is 144 cm³/mol. The van der Waals surface area contributed by atoms with Crippen LogP contribution in [-0.4, -0.2) is 114 Å². The average Bonchev–Trinajstić information content (AvgIpc) is 2.92. The maximum absolute atomic E-state index is 13.8. The van der Waals surface area contributed by atoms with Crippen molar-refractivity contribution >= 4 is 23.0 Å². The van der Waals surface area contributed by atoms with Gasteiger partial charge in [0.05, 0.1) is 22.9 Å². The molecule has 1 saturated heterocycles. The number of nitrogens with zero attached hydrogens (tertiary/aromatic N) is 1. The Kier molecular flexibility index (Phi) is 7.43. The minimum absolute atomic E-state index is 0.118. The molecule has 5 rings (SSSR count). The van der Waals surface area contributed by atoms with Gasteiger partial charge in [-0.2, -0.15) is 0 Å². The van der Waals surface area contributed by atoms with Crippen molar-refractivity contribution in [2.24, 2.45) is 0 Å². The number of benzene rings is 2. The van der Waals surface area contributed by atoms with E-state index in [4.69, 9.17) is 18.9 Å². The number of hydrogen-bond acceptors (Lipinski definition) is 13. The lowest BCUT2D eigenvalue weighted by Crippen LogP contribution is -2.60. The van der Waals surface area contributed by atoms with Crippen molar-refractivity contribution in [1.29, 1.82) is 0 Å². The van der Waals surface area contributed by atoms with Crippen LogP contribution in [0.4, 0.5) is 5.69 Å². The van der Waals surface area contributed by atoms with Crippen molar-refractivity contribution in [2.45, 2.75) is 62.4 Å². The van der Waals surface area contributed by atoms with Gasteiger partial charge in [0.25, 0.3) is 0 Å². The molecule has 0 spiro atoms. The molecule has 13 nitrogen and oxygen atoms in total. The highest BCUT2D eigenvalue weighted by Gasteiger charge is 2.56. The highest BCUT2D eigenvalue weighted by Crippen LogP contribution is 2.50. The Morgan fingerprint density at radius 2 is 1.55 bits per heavy atom. The third kappa shape index (κ3) is 4.15. The number of ketones is 3. The Hall–Kier alpha value is -3.43. The minimum atomic E-state index is -2.24. The highest BCUT2D eigenvalue weighted by atomic mass is 16.7. The SMILES string of the molecule is COC1C(O[C@@H]2c3c(cc4c(c3O)C(=O)c3c(ccc(N(C)C)c3O)C4=O)C(=O)[C@@](C)(O)[C@H]2OC)OC(C)C(O)C1O. The van der Waals surface area contributed by atoms with E-state index in [0.717, 1.165) is 6.07 Å². The number of anilines is 1. The Bertz CT molecular complexity index is 1480. The topological polar surface area (TPSA) is 193 Å². The molecule has 13 heteroatoms. The van der Waals surface area contributed by atoms with Crippen LogP contribution in [0.1, 0.15) is 67.7 Å². The van der Waals surface area contributed by atoms with Gasteiger partial charge in [-0.25, -0.2) is 0 Å². The molecule has 1 heterocycles. The fourth-order valence-electron chi connectivity index (χ4n) is 6.05. The van der Waals surface area contributed by atoms with E-state index in [2.05, 4.69) is 0 Å². The molecule has 2 aromatic rings. The van der Waals surface area contributed by atoms with Gasteiger partial charge in [-0.1, -0.05) is 0 Å². The molecule has 42 heavy (non-hydrogen) atoms. The second kappa shape index (κ2) is 10.4. The largest absolute Gasteiger partial charge is 0.507 e. The summed E-state index contributed by atoms with van der Waals surface area (Å²) in [5, 5.41) is 54.8. The van der Waals surface area contributed by atoms with Crippen molar-refractivity contribution < 1.29 is 58.9 Å². The first-order chi connectivity index (χ1) is 19.7. The number of rotatable bonds is 5. The van der Waals surface area contributed by atoms with E-state index in [9.17, 15) is 39.9 Å². The van der Waals surface area contributed by atoms with Crippen LogP contribution < -0.4 is 4.90 Å². The first kappa shape index (κ1) is 30.0. The van der Waals surface area contributed by atoms with E-state index < -0.39 is 82.9 Å². The summed E-state index contributed by atoms with van der Waals surface area (Å²) in [6.07, 6.45) is -9.32. The Labute approximate surface area is 240 Å². The fourth-order valence-corrected chi connectivity index (χ4v) is 6.05. The zero-order chi connectivity index (χ0) is 31.0. The molecule has 226 valence electrons. The van der Waals surface area contributed by atoms with E-state index in [1.54, 1.807) is 19.0 Å². The van der Waals surface area contributed by atoms with Gasteiger partial charge < -0.3 is 49.4 Å². The lowest BCUT2D eigenvalue weighted by molar-refractivity contribution is -0.321. The monoisotopic (exact) mass is 587 g/mol. The summed E-state index contributed by atoms with van der Waals surface area (Å²) < 4.78 is 22.7. The number of aliphatic hydroxyl groups is 3. The molecule has 2 aliphatic carbocycles. The van der Waals surface area contributed by atoms with E-state index in [-0.39, 0.29) is 33.5 Å². The summed E-state index contributed by atoms with van der Waals surface area (Å²) >= 11 is 0. The maximum Gasteiger partial charge on any atom is 0.202 e. The van der Waals surface area contributed by atoms with Gasteiger partial charge >= 0.3 is 0 Å². The number of phenols is 2. The number of phenolic OH excluding ortho intramolecular Hbond substituents is 2. The molecule has 2 aromatic carbocycles. The van der Waals surface area contributed by atoms with E-state index in [1.807, 2.05) is 0 Å². The average molecular weight is 588 g/mol. The number of aliphatic hydroxyl groups excluding tert-OH is 2. The lowest BCUT2D eigenvalue weighted by Gasteiger charge is -2.46. The number of Topliss-reactive ketones (excluding diaryl/α,β-unsaturated/α-hetero) is 1. The molecular weight excluding hydrogens is 554 g/mol. The second-order valence-corrected chi connectivity index (χ2v) is 11.1. The van der Waals surface area contributed by atoms with Gasteiger partial charge in [0.1, 0.15) is 36.3 Å². The van der Waals surface area contributed by atoms with Crippen molar-refractivity contribution in [3.8, 4) is 11.5 Å². The number of carbonyl (C=O) groups is 3. The Balaban J connectivity index is 1.72. The van der Waals surface area contributed by atoms with Crippen molar-refractivity contribution in [1.82, 2.24) is 0 Å². The summed E-state index contributed by atoms with van der Waals surface area (Å²) in [4.78, 5) is 42.6. The Morgan fingerprint density at radius 3 is 2.14 bits per heavy atom. The lowest BCUT2D eigenvalue weighted by atomic mass is 9.72. The number of fused-ring (bicyclic) bond motifs is 3. The Morgan fingerprint density at radius 1 is 0.905 bits per heavy atom. The third-order valence-corrected chi connectivity index (χ3v) is 8.33. The summed E-state index contributed by atoms with van der Waals surface area (Å²) in [5.74, 6) is -3.74. The van der Waals surface area contributed by atoms with Crippen LogP contribution in [0.5, 0.6) is 11.5 Å². The third-order valence-electron chi connectivity index (χ3n) is 8.33.